The normalized spacial score (nSPS) is 15.0. The molecule has 6 nitrogen and oxygen atoms in total. The van der Waals surface area contributed by atoms with Crippen LogP contribution >= 0.6 is 11.6 Å². The molecule has 1 aliphatic rings. The Morgan fingerprint density at radius 3 is 2.41 bits per heavy atom. The minimum absolute atomic E-state index is 0.0944. The van der Waals surface area contributed by atoms with Crippen molar-refractivity contribution in [3.8, 4) is 0 Å². The number of hydrogen-bond acceptors (Lipinski definition) is 5. The number of hydrogen-bond donors (Lipinski definition) is 1. The molecule has 0 unspecified atom stereocenters. The van der Waals surface area contributed by atoms with Gasteiger partial charge in [0.05, 0.1) is 10.3 Å². The molecular weight excluding hydrogens is 390 g/mol. The monoisotopic (exact) mass is 407 g/mol. The number of benzene rings is 2. The van der Waals surface area contributed by atoms with Crippen molar-refractivity contribution in [2.75, 3.05) is 18.2 Å². The van der Waals surface area contributed by atoms with Crippen LogP contribution in [0.1, 0.15) is 18.4 Å². The molecular formula is C19H18ClNO5S. The Morgan fingerprint density at radius 1 is 1.15 bits per heavy atom. The summed E-state index contributed by atoms with van der Waals surface area (Å²) in [6.45, 7) is -0.447. The van der Waals surface area contributed by atoms with Crippen LogP contribution in [-0.4, -0.2) is 33.2 Å². The molecule has 0 radical (unpaired) electrons. The quantitative estimate of drug-likeness (QED) is 0.743. The van der Waals surface area contributed by atoms with E-state index < -0.39 is 33.7 Å². The second kappa shape index (κ2) is 7.32. The van der Waals surface area contributed by atoms with E-state index in [0.29, 0.717) is 23.6 Å². The number of anilines is 1. The number of halogens is 1. The van der Waals surface area contributed by atoms with Gasteiger partial charge in [0.15, 0.2) is 16.4 Å². The number of nitrogens with one attached hydrogen (secondary N) is 1. The highest BCUT2D eigenvalue weighted by atomic mass is 35.5. The van der Waals surface area contributed by atoms with Gasteiger partial charge in [-0.25, -0.2) is 8.42 Å². The van der Waals surface area contributed by atoms with Crippen LogP contribution in [0.25, 0.3) is 0 Å². The maximum atomic E-state index is 12.4. The van der Waals surface area contributed by atoms with Crippen LogP contribution in [0.4, 0.5) is 5.69 Å². The van der Waals surface area contributed by atoms with E-state index in [1.807, 2.05) is 0 Å². The number of esters is 1. The van der Waals surface area contributed by atoms with Gasteiger partial charge in [-0.1, -0.05) is 29.8 Å². The van der Waals surface area contributed by atoms with Gasteiger partial charge >= 0.3 is 5.97 Å². The Kier molecular flexibility index (Phi) is 5.26. The molecule has 1 aliphatic carbocycles. The van der Waals surface area contributed by atoms with E-state index in [1.165, 1.54) is 18.2 Å². The number of ether oxygens (including phenoxy) is 1. The van der Waals surface area contributed by atoms with Gasteiger partial charge in [0.2, 0.25) is 0 Å². The highest BCUT2D eigenvalue weighted by molar-refractivity contribution is 7.90. The summed E-state index contributed by atoms with van der Waals surface area (Å²) in [7, 11) is -3.38. The Bertz CT molecular complexity index is 981. The summed E-state index contributed by atoms with van der Waals surface area (Å²) >= 11 is 5.87. The highest BCUT2D eigenvalue weighted by Crippen LogP contribution is 2.49. The van der Waals surface area contributed by atoms with Gasteiger partial charge in [0.25, 0.3) is 5.91 Å². The molecule has 2 aromatic rings. The highest BCUT2D eigenvalue weighted by Gasteiger charge is 2.52. The van der Waals surface area contributed by atoms with E-state index in [0.717, 1.165) is 11.8 Å². The fraction of sp³-hybridized carbons (Fsp3) is 0.263. The first-order chi connectivity index (χ1) is 12.7. The molecule has 3 rings (SSSR count). The van der Waals surface area contributed by atoms with E-state index in [9.17, 15) is 18.0 Å². The zero-order valence-corrected chi connectivity index (χ0v) is 16.1. The lowest BCUT2D eigenvalue weighted by Crippen LogP contribution is -2.28. The first-order valence-corrected chi connectivity index (χ1v) is 10.5. The average molecular weight is 408 g/mol. The molecule has 0 atom stereocenters. The van der Waals surface area contributed by atoms with Crippen molar-refractivity contribution in [3.63, 3.8) is 0 Å². The maximum Gasteiger partial charge on any atom is 0.317 e. The zero-order chi connectivity index (χ0) is 19.7. The van der Waals surface area contributed by atoms with Crippen molar-refractivity contribution >= 4 is 39.0 Å². The Balaban J connectivity index is 1.60. The Labute approximate surface area is 162 Å². The second-order valence-electron chi connectivity index (χ2n) is 6.51. The number of carbonyl (C=O) groups is 2. The summed E-state index contributed by atoms with van der Waals surface area (Å²) in [5, 5.41) is 3.11. The van der Waals surface area contributed by atoms with Crippen LogP contribution in [0.5, 0.6) is 0 Å². The molecule has 1 fully saturated rings. The van der Waals surface area contributed by atoms with Crippen molar-refractivity contribution in [1.29, 1.82) is 0 Å². The van der Waals surface area contributed by atoms with Gasteiger partial charge in [-0.15, -0.1) is 0 Å². The molecule has 1 amide bonds. The zero-order valence-electron chi connectivity index (χ0n) is 14.6. The van der Waals surface area contributed by atoms with E-state index in [2.05, 4.69) is 5.32 Å². The smallest absolute Gasteiger partial charge is 0.317 e. The summed E-state index contributed by atoms with van der Waals surface area (Å²) < 4.78 is 28.3. The van der Waals surface area contributed by atoms with E-state index in [4.69, 9.17) is 16.3 Å². The number of carbonyl (C=O) groups excluding carboxylic acids is 2. The van der Waals surface area contributed by atoms with Gasteiger partial charge < -0.3 is 10.1 Å². The summed E-state index contributed by atoms with van der Waals surface area (Å²) in [5.74, 6) is -0.995. The summed E-state index contributed by atoms with van der Waals surface area (Å²) in [4.78, 5) is 24.6. The van der Waals surface area contributed by atoms with Gasteiger partial charge in [-0.2, -0.15) is 0 Å². The van der Waals surface area contributed by atoms with Crippen LogP contribution in [-0.2, 0) is 29.6 Å². The molecule has 0 aromatic heterocycles. The van der Waals surface area contributed by atoms with E-state index >= 15 is 0 Å². The average Bonchev–Trinajstić information content (AvgIpc) is 3.42. The van der Waals surface area contributed by atoms with Crippen LogP contribution in [0.15, 0.2) is 53.4 Å². The Hall–Kier alpha value is -2.38. The van der Waals surface area contributed by atoms with Crippen LogP contribution in [0.3, 0.4) is 0 Å². The number of rotatable bonds is 6. The SMILES string of the molecule is CS(=O)(=O)c1cccc(NC(=O)COC(=O)C2(c3ccc(Cl)cc3)CC2)c1. The van der Waals surface area contributed by atoms with Crippen molar-refractivity contribution in [2.24, 2.45) is 0 Å². The molecule has 1 N–H and O–H groups in total. The Morgan fingerprint density at radius 2 is 1.81 bits per heavy atom. The third kappa shape index (κ3) is 4.48. The molecule has 0 aliphatic heterocycles. The van der Waals surface area contributed by atoms with Crippen LogP contribution in [0, 0.1) is 0 Å². The number of amides is 1. The minimum Gasteiger partial charge on any atom is -0.455 e. The molecule has 1 saturated carbocycles. The van der Waals surface area contributed by atoms with E-state index in [1.54, 1.807) is 30.3 Å². The topological polar surface area (TPSA) is 89.5 Å². The lowest BCUT2D eigenvalue weighted by atomic mass is 9.96. The predicted octanol–water partition coefficient (Wildman–Crippen LogP) is 2.96. The minimum atomic E-state index is -3.38. The molecule has 142 valence electrons. The first kappa shape index (κ1) is 19.4. The van der Waals surface area contributed by atoms with Gasteiger partial charge in [0, 0.05) is 17.0 Å². The first-order valence-electron chi connectivity index (χ1n) is 8.24. The van der Waals surface area contributed by atoms with Crippen LogP contribution in [0.2, 0.25) is 5.02 Å². The third-order valence-corrected chi connectivity index (χ3v) is 5.78. The van der Waals surface area contributed by atoms with Gasteiger partial charge in [0.1, 0.15) is 0 Å². The summed E-state index contributed by atoms with van der Waals surface area (Å²) in [6, 6.07) is 12.9. The largest absolute Gasteiger partial charge is 0.455 e. The fourth-order valence-electron chi connectivity index (χ4n) is 2.78. The van der Waals surface area contributed by atoms with Crippen molar-refractivity contribution in [2.45, 2.75) is 23.2 Å². The second-order valence-corrected chi connectivity index (χ2v) is 8.97. The van der Waals surface area contributed by atoms with Crippen LogP contribution < -0.4 is 5.32 Å². The lowest BCUT2D eigenvalue weighted by molar-refractivity contribution is -0.150. The third-order valence-electron chi connectivity index (χ3n) is 4.42. The molecule has 0 heterocycles. The molecule has 8 heteroatoms. The van der Waals surface area contributed by atoms with Crippen molar-refractivity contribution < 1.29 is 22.7 Å². The lowest BCUT2D eigenvalue weighted by Gasteiger charge is -2.15. The molecule has 2 aromatic carbocycles. The molecule has 0 spiro atoms. The fourth-order valence-corrected chi connectivity index (χ4v) is 3.57. The number of sulfone groups is 1. The predicted molar refractivity (Wildman–Crippen MR) is 102 cm³/mol. The maximum absolute atomic E-state index is 12.4. The summed E-state index contributed by atoms with van der Waals surface area (Å²) in [6.07, 6.45) is 2.40. The van der Waals surface area contributed by atoms with E-state index in [-0.39, 0.29) is 4.90 Å². The summed E-state index contributed by atoms with van der Waals surface area (Å²) in [5.41, 5.74) is 0.428. The molecule has 0 bridgehead atoms. The molecule has 27 heavy (non-hydrogen) atoms. The van der Waals surface area contributed by atoms with Gasteiger partial charge in [-0.05, 0) is 48.7 Å². The van der Waals surface area contributed by atoms with Crippen molar-refractivity contribution in [1.82, 2.24) is 0 Å². The molecule has 0 saturated heterocycles. The van der Waals surface area contributed by atoms with Gasteiger partial charge in [-0.3, -0.25) is 9.59 Å². The van der Waals surface area contributed by atoms with Crippen molar-refractivity contribution in [3.05, 3.63) is 59.1 Å². The standard InChI is InChI=1S/C19H18ClNO5S/c1-27(24,25)16-4-2-3-15(11-16)21-17(22)12-26-18(23)19(9-10-19)13-5-7-14(20)8-6-13/h2-8,11H,9-10,12H2,1H3,(H,21,22).